The average Bonchev–Trinajstić information content (AvgIpc) is 2.68. The van der Waals surface area contributed by atoms with Crippen molar-refractivity contribution < 1.29 is 23.4 Å². The lowest BCUT2D eigenvalue weighted by molar-refractivity contribution is -0.146. The molecule has 2 aromatic carbocycles. The molecule has 0 saturated carbocycles. The van der Waals surface area contributed by atoms with Gasteiger partial charge in [-0.3, -0.25) is 4.79 Å². The third-order valence-electron chi connectivity index (χ3n) is 4.26. The average molecular weight is 396 g/mol. The van der Waals surface area contributed by atoms with E-state index in [1.165, 1.54) is 6.26 Å². The highest BCUT2D eigenvalue weighted by atomic mass is 16.6. The van der Waals surface area contributed by atoms with Gasteiger partial charge in [0.25, 0.3) is 0 Å². The summed E-state index contributed by atoms with van der Waals surface area (Å²) in [5.41, 5.74) is 2.15. The summed E-state index contributed by atoms with van der Waals surface area (Å²) in [6.45, 7) is 6.13. The standard InChI is InChI=1S/C23H24O6/c1-4-5-8-26-22(24)14-27-17-6-7-19-20(12-17)28-13-21(23(19)25)29-18-10-15(2)9-16(3)11-18/h6-7,9-13H,4-5,8,14H2,1-3H3. The minimum absolute atomic E-state index is 0.107. The fourth-order valence-corrected chi connectivity index (χ4v) is 2.88. The molecule has 1 heterocycles. The number of aryl methyl sites for hydroxylation is 2. The Morgan fingerprint density at radius 3 is 2.52 bits per heavy atom. The molecule has 0 atom stereocenters. The molecule has 6 heteroatoms. The van der Waals surface area contributed by atoms with Crippen LogP contribution in [0.5, 0.6) is 17.2 Å². The van der Waals surface area contributed by atoms with Gasteiger partial charge in [0.2, 0.25) is 11.2 Å². The molecule has 0 aliphatic rings. The van der Waals surface area contributed by atoms with E-state index in [0.29, 0.717) is 29.1 Å². The number of rotatable bonds is 8. The van der Waals surface area contributed by atoms with Crippen molar-refractivity contribution in [2.24, 2.45) is 0 Å². The smallest absolute Gasteiger partial charge is 0.344 e. The third kappa shape index (κ3) is 5.38. The monoisotopic (exact) mass is 396 g/mol. The van der Waals surface area contributed by atoms with Crippen molar-refractivity contribution in [3.63, 3.8) is 0 Å². The van der Waals surface area contributed by atoms with Crippen LogP contribution in [0.4, 0.5) is 0 Å². The highest BCUT2D eigenvalue weighted by molar-refractivity contribution is 5.79. The van der Waals surface area contributed by atoms with Gasteiger partial charge in [-0.05, 0) is 55.7 Å². The number of hydrogen-bond donors (Lipinski definition) is 0. The molecule has 0 aliphatic heterocycles. The second-order valence-electron chi connectivity index (χ2n) is 6.88. The van der Waals surface area contributed by atoms with Gasteiger partial charge < -0.3 is 18.6 Å². The van der Waals surface area contributed by atoms with Gasteiger partial charge in [0.05, 0.1) is 12.0 Å². The number of carbonyl (C=O) groups excluding carboxylic acids is 1. The largest absolute Gasteiger partial charge is 0.482 e. The van der Waals surface area contributed by atoms with Crippen molar-refractivity contribution in [1.82, 2.24) is 0 Å². The summed E-state index contributed by atoms with van der Waals surface area (Å²) in [4.78, 5) is 24.4. The molecule has 0 amide bonds. The van der Waals surface area contributed by atoms with Crippen molar-refractivity contribution in [1.29, 1.82) is 0 Å². The Kier molecular flexibility index (Phi) is 6.54. The fourth-order valence-electron chi connectivity index (χ4n) is 2.88. The maximum absolute atomic E-state index is 12.7. The van der Waals surface area contributed by atoms with E-state index in [-0.39, 0.29) is 17.8 Å². The molecule has 29 heavy (non-hydrogen) atoms. The van der Waals surface area contributed by atoms with Crippen LogP contribution >= 0.6 is 0 Å². The molecule has 0 fully saturated rings. The van der Waals surface area contributed by atoms with Gasteiger partial charge in [0, 0.05) is 6.07 Å². The van der Waals surface area contributed by atoms with Gasteiger partial charge in [-0.25, -0.2) is 4.79 Å². The number of unbranched alkanes of at least 4 members (excludes halogenated alkanes) is 1. The molecule has 0 unspecified atom stereocenters. The minimum atomic E-state index is -0.433. The first-order valence-corrected chi connectivity index (χ1v) is 9.56. The Labute approximate surface area is 169 Å². The van der Waals surface area contributed by atoms with Crippen LogP contribution in [0.25, 0.3) is 11.0 Å². The summed E-state index contributed by atoms with van der Waals surface area (Å²) in [5.74, 6) is 0.666. The SMILES string of the molecule is CCCCOC(=O)COc1ccc2c(=O)c(Oc3cc(C)cc(C)c3)coc2c1. The number of hydrogen-bond acceptors (Lipinski definition) is 6. The number of fused-ring (bicyclic) bond motifs is 1. The van der Waals surface area contributed by atoms with Gasteiger partial charge in [0.1, 0.15) is 23.3 Å². The second-order valence-corrected chi connectivity index (χ2v) is 6.88. The first kappa shape index (κ1) is 20.5. The van der Waals surface area contributed by atoms with Crippen molar-refractivity contribution in [2.75, 3.05) is 13.2 Å². The van der Waals surface area contributed by atoms with Crippen molar-refractivity contribution in [3.8, 4) is 17.2 Å². The van der Waals surface area contributed by atoms with E-state index < -0.39 is 5.97 Å². The molecular weight excluding hydrogens is 372 g/mol. The Bertz CT molecular complexity index is 1050. The normalized spacial score (nSPS) is 10.7. The summed E-state index contributed by atoms with van der Waals surface area (Å²) in [7, 11) is 0. The molecule has 6 nitrogen and oxygen atoms in total. The van der Waals surface area contributed by atoms with Crippen LogP contribution in [0, 0.1) is 13.8 Å². The van der Waals surface area contributed by atoms with E-state index in [1.54, 1.807) is 18.2 Å². The van der Waals surface area contributed by atoms with Gasteiger partial charge in [-0.2, -0.15) is 0 Å². The first-order valence-electron chi connectivity index (χ1n) is 9.56. The van der Waals surface area contributed by atoms with Crippen LogP contribution in [0.1, 0.15) is 30.9 Å². The number of benzene rings is 2. The van der Waals surface area contributed by atoms with Gasteiger partial charge >= 0.3 is 5.97 Å². The van der Waals surface area contributed by atoms with Crippen LogP contribution in [0.3, 0.4) is 0 Å². The Hall–Kier alpha value is -3.28. The Morgan fingerprint density at radius 2 is 1.79 bits per heavy atom. The quantitative estimate of drug-likeness (QED) is 0.397. The fraction of sp³-hybridized carbons (Fsp3) is 0.304. The molecule has 3 rings (SSSR count). The summed E-state index contributed by atoms with van der Waals surface area (Å²) in [6.07, 6.45) is 3.05. The minimum Gasteiger partial charge on any atom is -0.482 e. The van der Waals surface area contributed by atoms with Crippen LogP contribution in [0.2, 0.25) is 0 Å². The van der Waals surface area contributed by atoms with Crippen LogP contribution in [0.15, 0.2) is 51.9 Å². The van der Waals surface area contributed by atoms with Crippen LogP contribution < -0.4 is 14.9 Å². The number of esters is 1. The number of ether oxygens (including phenoxy) is 3. The Morgan fingerprint density at radius 1 is 1.03 bits per heavy atom. The molecule has 3 aromatic rings. The zero-order chi connectivity index (χ0) is 20.8. The van der Waals surface area contributed by atoms with E-state index in [2.05, 4.69) is 0 Å². The second kappa shape index (κ2) is 9.28. The molecule has 0 radical (unpaired) electrons. The zero-order valence-electron chi connectivity index (χ0n) is 16.8. The van der Waals surface area contributed by atoms with Crippen molar-refractivity contribution in [2.45, 2.75) is 33.6 Å². The molecule has 1 aromatic heterocycles. The van der Waals surface area contributed by atoms with E-state index in [9.17, 15) is 9.59 Å². The molecule has 152 valence electrons. The summed E-state index contributed by atoms with van der Waals surface area (Å²) >= 11 is 0. The third-order valence-corrected chi connectivity index (χ3v) is 4.26. The lowest BCUT2D eigenvalue weighted by Gasteiger charge is -2.09. The zero-order valence-corrected chi connectivity index (χ0v) is 16.8. The predicted molar refractivity (Wildman–Crippen MR) is 110 cm³/mol. The Balaban J connectivity index is 1.73. The molecular formula is C23H24O6. The molecule has 0 aliphatic carbocycles. The van der Waals surface area contributed by atoms with Gasteiger partial charge in [-0.1, -0.05) is 19.4 Å². The summed E-state index contributed by atoms with van der Waals surface area (Å²) in [5, 5.41) is 0.366. The molecule has 0 spiro atoms. The predicted octanol–water partition coefficient (Wildman–Crippen LogP) is 4.92. The van der Waals surface area contributed by atoms with Crippen LogP contribution in [-0.2, 0) is 9.53 Å². The van der Waals surface area contributed by atoms with Gasteiger partial charge in [-0.15, -0.1) is 0 Å². The van der Waals surface area contributed by atoms with Crippen molar-refractivity contribution in [3.05, 3.63) is 64.0 Å². The van der Waals surface area contributed by atoms with E-state index in [0.717, 1.165) is 24.0 Å². The lowest BCUT2D eigenvalue weighted by atomic mass is 10.1. The summed E-state index contributed by atoms with van der Waals surface area (Å²) < 4.78 is 21.8. The maximum atomic E-state index is 12.7. The summed E-state index contributed by atoms with van der Waals surface area (Å²) in [6, 6.07) is 10.5. The van der Waals surface area contributed by atoms with Crippen LogP contribution in [-0.4, -0.2) is 19.2 Å². The highest BCUT2D eigenvalue weighted by Gasteiger charge is 2.12. The first-order chi connectivity index (χ1) is 14.0. The lowest BCUT2D eigenvalue weighted by Crippen LogP contribution is -2.15. The van der Waals surface area contributed by atoms with E-state index >= 15 is 0 Å². The molecule has 0 saturated heterocycles. The maximum Gasteiger partial charge on any atom is 0.344 e. The van der Waals surface area contributed by atoms with E-state index in [4.69, 9.17) is 18.6 Å². The molecule has 0 bridgehead atoms. The highest BCUT2D eigenvalue weighted by Crippen LogP contribution is 2.25. The van der Waals surface area contributed by atoms with E-state index in [1.807, 2.05) is 39.0 Å². The topological polar surface area (TPSA) is 75.0 Å². The van der Waals surface area contributed by atoms with Gasteiger partial charge in [0.15, 0.2) is 6.61 Å². The molecule has 0 N–H and O–H groups in total. The number of carbonyl (C=O) groups is 1. The van der Waals surface area contributed by atoms with Crippen molar-refractivity contribution >= 4 is 16.9 Å².